The minimum atomic E-state index is -0.413. The number of nitrogens with one attached hydrogen (secondary N) is 2. The molecule has 0 saturated carbocycles. The average molecular weight is 695 g/mol. The zero-order valence-corrected chi connectivity index (χ0v) is 29.9. The second-order valence-corrected chi connectivity index (χ2v) is 14.0. The van der Waals surface area contributed by atoms with Crippen molar-refractivity contribution < 1.29 is 14.3 Å². The summed E-state index contributed by atoms with van der Waals surface area (Å²) >= 11 is 13.8. The summed E-state index contributed by atoms with van der Waals surface area (Å²) in [6.45, 7) is 9.27. The van der Waals surface area contributed by atoms with Gasteiger partial charge in [0.1, 0.15) is 6.04 Å². The summed E-state index contributed by atoms with van der Waals surface area (Å²) in [5.41, 5.74) is 6.73. The van der Waals surface area contributed by atoms with E-state index in [4.69, 9.17) is 27.9 Å². The number of imidazole rings is 1. The highest BCUT2D eigenvalue weighted by atomic mass is 35.5. The number of carbonyl (C=O) groups excluding carboxylic acids is 2. The van der Waals surface area contributed by atoms with Crippen LogP contribution in [0.2, 0.25) is 10.0 Å². The van der Waals surface area contributed by atoms with Crippen molar-refractivity contribution in [3.63, 3.8) is 0 Å². The Labute approximate surface area is 293 Å². The molecule has 1 saturated heterocycles. The molecule has 3 aliphatic heterocycles. The Hall–Kier alpha value is -3.41. The molecule has 1 aromatic heterocycles. The molecule has 1 unspecified atom stereocenters. The van der Waals surface area contributed by atoms with E-state index < -0.39 is 6.04 Å². The lowest BCUT2D eigenvalue weighted by molar-refractivity contribution is -0.119. The first kappa shape index (κ1) is 34.5. The minimum absolute atomic E-state index is 0.153. The van der Waals surface area contributed by atoms with Gasteiger partial charge in [0.05, 0.1) is 27.1 Å². The van der Waals surface area contributed by atoms with Gasteiger partial charge < -0.3 is 29.7 Å². The maximum atomic E-state index is 13.6. The molecular formula is C36H45Cl2N7O3. The van der Waals surface area contributed by atoms with Crippen LogP contribution in [0.4, 0.5) is 11.4 Å². The van der Waals surface area contributed by atoms with Gasteiger partial charge in [-0.2, -0.15) is 0 Å². The molecule has 0 aliphatic carbocycles. The number of halogens is 2. The van der Waals surface area contributed by atoms with Crippen molar-refractivity contribution in [1.29, 1.82) is 0 Å². The number of ether oxygens (including phenoxy) is 1. The van der Waals surface area contributed by atoms with E-state index in [0.717, 1.165) is 69.9 Å². The second-order valence-electron chi connectivity index (χ2n) is 13.2. The molecule has 1 atom stereocenters. The second kappa shape index (κ2) is 14.6. The van der Waals surface area contributed by atoms with Crippen molar-refractivity contribution in [2.24, 2.45) is 7.05 Å². The van der Waals surface area contributed by atoms with Gasteiger partial charge in [-0.05, 0) is 51.4 Å². The average Bonchev–Trinajstić information content (AvgIpc) is 3.41. The zero-order chi connectivity index (χ0) is 34.1. The van der Waals surface area contributed by atoms with Crippen LogP contribution in [-0.4, -0.2) is 95.1 Å². The van der Waals surface area contributed by atoms with E-state index in [2.05, 4.69) is 37.2 Å². The number of hydrogen-bond acceptors (Lipinski definition) is 7. The number of hydrogen-bond donors (Lipinski definition) is 2. The maximum absolute atomic E-state index is 13.6. The zero-order valence-electron chi connectivity index (χ0n) is 28.4. The fourth-order valence-corrected chi connectivity index (χ4v) is 7.69. The van der Waals surface area contributed by atoms with Gasteiger partial charge in [-0.1, -0.05) is 47.5 Å². The molecule has 48 heavy (non-hydrogen) atoms. The van der Waals surface area contributed by atoms with E-state index in [1.165, 1.54) is 11.3 Å². The molecule has 2 N–H and O–H groups in total. The first-order valence-electron chi connectivity index (χ1n) is 16.7. The first-order valence-corrected chi connectivity index (χ1v) is 17.4. The van der Waals surface area contributed by atoms with Gasteiger partial charge in [0.15, 0.2) is 5.82 Å². The Bertz CT molecular complexity index is 1730. The molecule has 2 aromatic carbocycles. The molecule has 4 heterocycles. The molecule has 0 bridgehead atoms. The molecule has 2 amide bonds. The summed E-state index contributed by atoms with van der Waals surface area (Å²) in [7, 11) is 5.91. The maximum Gasteiger partial charge on any atom is 0.291 e. The van der Waals surface area contributed by atoms with Crippen LogP contribution in [0.3, 0.4) is 0 Å². The van der Waals surface area contributed by atoms with Crippen LogP contribution >= 0.6 is 23.2 Å². The number of carbonyl (C=O) groups is 2. The first-order chi connectivity index (χ1) is 23.0. The van der Waals surface area contributed by atoms with Gasteiger partial charge in [-0.15, -0.1) is 0 Å². The summed E-state index contributed by atoms with van der Waals surface area (Å²) < 4.78 is 7.42. The summed E-state index contributed by atoms with van der Waals surface area (Å²) in [6.07, 6.45) is 3.89. The number of benzene rings is 2. The van der Waals surface area contributed by atoms with E-state index in [9.17, 15) is 9.59 Å². The van der Waals surface area contributed by atoms with E-state index in [0.29, 0.717) is 51.0 Å². The van der Waals surface area contributed by atoms with Crippen molar-refractivity contribution in [1.82, 2.24) is 24.3 Å². The number of amides is 2. The van der Waals surface area contributed by atoms with Crippen LogP contribution in [0.15, 0.2) is 47.7 Å². The highest BCUT2D eigenvalue weighted by Crippen LogP contribution is 2.40. The van der Waals surface area contributed by atoms with Crippen LogP contribution < -0.4 is 10.6 Å². The molecule has 0 spiro atoms. The van der Waals surface area contributed by atoms with Crippen LogP contribution in [-0.2, 0) is 29.5 Å². The predicted molar refractivity (Wildman–Crippen MR) is 192 cm³/mol. The van der Waals surface area contributed by atoms with Gasteiger partial charge in [-0.25, -0.2) is 4.98 Å². The molecular weight excluding hydrogens is 649 g/mol. The van der Waals surface area contributed by atoms with E-state index in [1.807, 2.05) is 56.9 Å². The lowest BCUT2D eigenvalue weighted by Crippen LogP contribution is -2.46. The summed E-state index contributed by atoms with van der Waals surface area (Å²) in [5, 5.41) is 6.71. The summed E-state index contributed by atoms with van der Waals surface area (Å²) in [5.74, 6) is -0.146. The number of likely N-dealkylation sites (N-methyl/N-ethyl adjacent to an activating group) is 2. The minimum Gasteiger partial charge on any atom is -0.381 e. The van der Waals surface area contributed by atoms with Crippen molar-refractivity contribution in [2.45, 2.75) is 58.2 Å². The standard InChI is InChI=1S/C36H45Cl2N7O3/c1-22-20-45(24-14-18-48-19-15-24)17-13-30(22)43(4)23(2)35(46)40-27-10-6-8-25(32(27)37)26-9-7-11-28(33(26)38)41-36(47)34-39-29-21-42(3)16-12-31(29)44(34)5/h6-11,23-24H,12-21H2,1-5H3,(H,40,46)(H,41,47). The van der Waals surface area contributed by atoms with Gasteiger partial charge in [0.2, 0.25) is 5.91 Å². The highest BCUT2D eigenvalue weighted by molar-refractivity contribution is 6.39. The third kappa shape index (κ3) is 7.00. The summed E-state index contributed by atoms with van der Waals surface area (Å²) in [6, 6.07) is 11.0. The lowest BCUT2D eigenvalue weighted by Gasteiger charge is -2.40. The Morgan fingerprint density at radius 2 is 1.60 bits per heavy atom. The highest BCUT2D eigenvalue weighted by Gasteiger charge is 2.30. The van der Waals surface area contributed by atoms with Crippen LogP contribution in [0.5, 0.6) is 0 Å². The third-order valence-electron chi connectivity index (χ3n) is 10.1. The van der Waals surface area contributed by atoms with Gasteiger partial charge >= 0.3 is 0 Å². The smallest absolute Gasteiger partial charge is 0.291 e. The molecule has 256 valence electrons. The fraction of sp³-hybridized carbons (Fsp3) is 0.472. The van der Waals surface area contributed by atoms with Gasteiger partial charge in [-0.3, -0.25) is 14.5 Å². The van der Waals surface area contributed by atoms with E-state index in [1.54, 1.807) is 12.1 Å². The number of nitrogens with zero attached hydrogens (tertiary/aromatic N) is 5. The predicted octanol–water partition coefficient (Wildman–Crippen LogP) is 6.05. The number of aromatic nitrogens is 2. The Kier molecular flexibility index (Phi) is 10.5. The molecule has 6 rings (SSSR count). The van der Waals surface area contributed by atoms with Crippen molar-refractivity contribution in [3.8, 4) is 11.1 Å². The largest absolute Gasteiger partial charge is 0.381 e. The van der Waals surface area contributed by atoms with Crippen molar-refractivity contribution >= 4 is 46.4 Å². The van der Waals surface area contributed by atoms with Crippen molar-refractivity contribution in [2.75, 3.05) is 57.6 Å². The van der Waals surface area contributed by atoms with Gasteiger partial charge in [0.25, 0.3) is 5.91 Å². The normalized spacial score (nSPS) is 18.4. The number of rotatable bonds is 8. The van der Waals surface area contributed by atoms with Crippen LogP contribution in [0.25, 0.3) is 11.1 Å². The fourth-order valence-electron chi connectivity index (χ4n) is 7.14. The molecule has 10 nitrogen and oxygen atoms in total. The quantitative estimate of drug-likeness (QED) is 0.297. The number of anilines is 2. The van der Waals surface area contributed by atoms with E-state index in [-0.39, 0.29) is 11.8 Å². The van der Waals surface area contributed by atoms with Gasteiger partial charge in [0, 0.05) is 94.9 Å². The number of fused-ring (bicyclic) bond motifs is 1. The third-order valence-corrected chi connectivity index (χ3v) is 10.9. The Morgan fingerprint density at radius 1 is 0.958 bits per heavy atom. The van der Waals surface area contributed by atoms with Crippen LogP contribution in [0.1, 0.15) is 55.1 Å². The molecule has 0 radical (unpaired) electrons. The summed E-state index contributed by atoms with van der Waals surface area (Å²) in [4.78, 5) is 38.4. The molecule has 3 aliphatic rings. The van der Waals surface area contributed by atoms with Crippen molar-refractivity contribution in [3.05, 3.63) is 74.9 Å². The topological polar surface area (TPSA) is 95.0 Å². The molecule has 3 aromatic rings. The SMILES string of the molecule is CC1=C(N(C)C(C)C(=O)Nc2cccc(-c3cccc(NC(=O)c4nc5c(n4C)CCN(C)C5)c3Cl)c2Cl)CCN(C2CCOCC2)C1. The lowest BCUT2D eigenvalue weighted by atomic mass is 10.00. The van der Waals surface area contributed by atoms with E-state index >= 15 is 0 Å². The molecule has 12 heteroatoms. The Balaban J connectivity index is 1.15. The monoisotopic (exact) mass is 693 g/mol. The Morgan fingerprint density at radius 3 is 2.25 bits per heavy atom. The van der Waals surface area contributed by atoms with Crippen LogP contribution in [0, 0.1) is 0 Å². The molecule has 1 fully saturated rings.